The number of unbranched alkanes of at least 4 members (excludes halogenated alkanes) is 1. The number of aliphatic hydroxyl groups is 1. The summed E-state index contributed by atoms with van der Waals surface area (Å²) in [7, 11) is 0. The van der Waals surface area contributed by atoms with Crippen molar-refractivity contribution in [2.75, 3.05) is 6.61 Å². The molecule has 1 aromatic heterocycles. The zero-order valence-electron chi connectivity index (χ0n) is 9.27. The fourth-order valence-corrected chi connectivity index (χ4v) is 1.46. The highest BCUT2D eigenvalue weighted by Gasteiger charge is 2.08. The maximum Gasteiger partial charge on any atom is 0.226 e. The molecule has 1 aromatic carbocycles. The molecule has 0 saturated carbocycles. The number of rotatable bonds is 5. The van der Waals surface area contributed by atoms with Crippen LogP contribution in [0.15, 0.2) is 28.8 Å². The van der Waals surface area contributed by atoms with Crippen molar-refractivity contribution in [2.24, 2.45) is 0 Å². The van der Waals surface area contributed by atoms with Gasteiger partial charge in [-0.05, 0) is 37.1 Å². The maximum absolute atomic E-state index is 12.7. The first kappa shape index (κ1) is 11.7. The van der Waals surface area contributed by atoms with Crippen LogP contribution in [0.5, 0.6) is 0 Å². The number of benzene rings is 1. The molecular weight excluding hydrogens is 223 g/mol. The third-order valence-electron chi connectivity index (χ3n) is 2.37. The lowest BCUT2D eigenvalue weighted by molar-refractivity contribution is 0.281. The zero-order chi connectivity index (χ0) is 12.1. The smallest absolute Gasteiger partial charge is 0.226 e. The van der Waals surface area contributed by atoms with E-state index in [-0.39, 0.29) is 12.4 Å². The summed E-state index contributed by atoms with van der Waals surface area (Å²) in [5.74, 6) is 0.710. The van der Waals surface area contributed by atoms with Gasteiger partial charge >= 0.3 is 0 Å². The lowest BCUT2D eigenvalue weighted by Gasteiger charge is -1.93. The summed E-state index contributed by atoms with van der Waals surface area (Å²) in [6.07, 6.45) is 2.17. The first-order valence-corrected chi connectivity index (χ1v) is 5.49. The molecule has 2 aromatic rings. The van der Waals surface area contributed by atoms with Gasteiger partial charge < -0.3 is 9.63 Å². The molecular formula is C12H13FN2O2. The topological polar surface area (TPSA) is 59.2 Å². The van der Waals surface area contributed by atoms with Crippen LogP contribution in [0.3, 0.4) is 0 Å². The molecule has 2 rings (SSSR count). The third kappa shape index (κ3) is 3.10. The number of halogens is 1. The molecule has 17 heavy (non-hydrogen) atoms. The molecule has 0 bridgehead atoms. The molecule has 0 radical (unpaired) electrons. The van der Waals surface area contributed by atoms with Crippen LogP contribution in [-0.2, 0) is 6.42 Å². The Labute approximate surface area is 98.1 Å². The first-order valence-electron chi connectivity index (χ1n) is 5.49. The van der Waals surface area contributed by atoms with Gasteiger partial charge in [-0.1, -0.05) is 5.16 Å². The quantitative estimate of drug-likeness (QED) is 0.808. The maximum atomic E-state index is 12.7. The summed E-state index contributed by atoms with van der Waals surface area (Å²) < 4.78 is 17.8. The van der Waals surface area contributed by atoms with Gasteiger partial charge in [0.05, 0.1) is 0 Å². The van der Waals surface area contributed by atoms with Crippen LogP contribution in [0.2, 0.25) is 0 Å². The molecule has 90 valence electrons. The van der Waals surface area contributed by atoms with E-state index in [4.69, 9.17) is 9.63 Å². The SMILES string of the molecule is OCCCCc1nc(-c2ccc(F)cc2)no1. The molecule has 5 heteroatoms. The molecule has 0 fully saturated rings. The van der Waals surface area contributed by atoms with Crippen molar-refractivity contribution in [1.82, 2.24) is 10.1 Å². The van der Waals surface area contributed by atoms with Crippen molar-refractivity contribution >= 4 is 0 Å². The van der Waals surface area contributed by atoms with Crippen molar-refractivity contribution in [3.63, 3.8) is 0 Å². The standard InChI is InChI=1S/C12H13FN2O2/c13-10-6-4-9(5-7-10)12-14-11(17-15-12)3-1-2-8-16/h4-7,16H,1-3,8H2. The van der Waals surface area contributed by atoms with Gasteiger partial charge in [0.15, 0.2) is 0 Å². The Kier molecular flexibility index (Phi) is 3.82. The Hall–Kier alpha value is -1.75. The molecule has 0 aliphatic heterocycles. The highest BCUT2D eigenvalue weighted by molar-refractivity contribution is 5.53. The normalized spacial score (nSPS) is 10.7. The van der Waals surface area contributed by atoms with E-state index in [1.165, 1.54) is 12.1 Å². The number of aromatic nitrogens is 2. The lowest BCUT2D eigenvalue weighted by Crippen LogP contribution is -1.89. The Balaban J connectivity index is 2.04. The van der Waals surface area contributed by atoms with E-state index in [1.807, 2.05) is 0 Å². The van der Waals surface area contributed by atoms with Crippen LogP contribution in [0.25, 0.3) is 11.4 Å². The van der Waals surface area contributed by atoms with E-state index < -0.39 is 0 Å². The predicted molar refractivity (Wildman–Crippen MR) is 59.7 cm³/mol. The molecule has 0 atom stereocenters. The monoisotopic (exact) mass is 236 g/mol. The summed E-state index contributed by atoms with van der Waals surface area (Å²) >= 11 is 0. The minimum Gasteiger partial charge on any atom is -0.396 e. The van der Waals surface area contributed by atoms with Crippen LogP contribution in [0.1, 0.15) is 18.7 Å². The first-order chi connectivity index (χ1) is 8.29. The highest BCUT2D eigenvalue weighted by atomic mass is 19.1. The van der Waals surface area contributed by atoms with E-state index >= 15 is 0 Å². The number of hydrogen-bond donors (Lipinski definition) is 1. The fraction of sp³-hybridized carbons (Fsp3) is 0.333. The summed E-state index contributed by atoms with van der Waals surface area (Å²) in [5, 5.41) is 12.5. The van der Waals surface area contributed by atoms with Gasteiger partial charge in [-0.25, -0.2) is 4.39 Å². The fourth-order valence-electron chi connectivity index (χ4n) is 1.46. The average Bonchev–Trinajstić information content (AvgIpc) is 2.79. The predicted octanol–water partition coefficient (Wildman–Crippen LogP) is 2.19. The third-order valence-corrected chi connectivity index (χ3v) is 2.37. The average molecular weight is 236 g/mol. The molecule has 4 nitrogen and oxygen atoms in total. The van der Waals surface area contributed by atoms with Gasteiger partial charge in [0.25, 0.3) is 0 Å². The molecule has 0 unspecified atom stereocenters. The van der Waals surface area contributed by atoms with E-state index in [9.17, 15) is 4.39 Å². The highest BCUT2D eigenvalue weighted by Crippen LogP contribution is 2.16. The van der Waals surface area contributed by atoms with Crippen LogP contribution < -0.4 is 0 Å². The Morgan fingerprint density at radius 3 is 2.65 bits per heavy atom. The van der Waals surface area contributed by atoms with E-state index in [0.29, 0.717) is 24.6 Å². The Bertz CT molecular complexity index is 468. The van der Waals surface area contributed by atoms with Gasteiger partial charge in [-0.15, -0.1) is 0 Å². The summed E-state index contributed by atoms with van der Waals surface area (Å²) in [4.78, 5) is 4.20. The van der Waals surface area contributed by atoms with Crippen molar-refractivity contribution < 1.29 is 14.0 Å². The van der Waals surface area contributed by atoms with Crippen molar-refractivity contribution in [3.05, 3.63) is 36.0 Å². The molecule has 0 aliphatic carbocycles. The number of hydrogen-bond acceptors (Lipinski definition) is 4. The van der Waals surface area contributed by atoms with Crippen molar-refractivity contribution in [1.29, 1.82) is 0 Å². The molecule has 0 aliphatic rings. The number of nitrogens with zero attached hydrogens (tertiary/aromatic N) is 2. The van der Waals surface area contributed by atoms with Crippen molar-refractivity contribution in [3.8, 4) is 11.4 Å². The second-order valence-corrected chi connectivity index (χ2v) is 3.70. The second-order valence-electron chi connectivity index (χ2n) is 3.70. The summed E-state index contributed by atoms with van der Waals surface area (Å²) in [5.41, 5.74) is 0.726. The molecule has 0 spiro atoms. The zero-order valence-corrected chi connectivity index (χ0v) is 9.27. The Morgan fingerprint density at radius 1 is 1.18 bits per heavy atom. The van der Waals surface area contributed by atoms with E-state index in [2.05, 4.69) is 10.1 Å². The van der Waals surface area contributed by atoms with E-state index in [1.54, 1.807) is 12.1 Å². The largest absolute Gasteiger partial charge is 0.396 e. The minimum absolute atomic E-state index is 0.166. The van der Waals surface area contributed by atoms with Gasteiger partial charge in [-0.3, -0.25) is 0 Å². The van der Waals surface area contributed by atoms with Crippen molar-refractivity contribution in [2.45, 2.75) is 19.3 Å². The number of aliphatic hydroxyl groups excluding tert-OH is 1. The molecule has 1 heterocycles. The van der Waals surface area contributed by atoms with Gasteiger partial charge in [-0.2, -0.15) is 4.98 Å². The summed E-state index contributed by atoms with van der Waals surface area (Å²) in [6.45, 7) is 0.166. The minimum atomic E-state index is -0.291. The molecule has 0 saturated heterocycles. The summed E-state index contributed by atoms with van der Waals surface area (Å²) in [6, 6.07) is 5.93. The van der Waals surface area contributed by atoms with Crippen LogP contribution in [0, 0.1) is 5.82 Å². The molecule has 0 amide bonds. The number of aryl methyl sites for hydroxylation is 1. The van der Waals surface area contributed by atoms with Gasteiger partial charge in [0, 0.05) is 18.6 Å². The van der Waals surface area contributed by atoms with Gasteiger partial charge in [0.2, 0.25) is 11.7 Å². The van der Waals surface area contributed by atoms with Crippen LogP contribution >= 0.6 is 0 Å². The van der Waals surface area contributed by atoms with Crippen LogP contribution in [-0.4, -0.2) is 21.9 Å². The van der Waals surface area contributed by atoms with E-state index in [0.717, 1.165) is 12.0 Å². The Morgan fingerprint density at radius 2 is 1.94 bits per heavy atom. The second kappa shape index (κ2) is 5.54. The lowest BCUT2D eigenvalue weighted by atomic mass is 10.2. The van der Waals surface area contributed by atoms with Crippen LogP contribution in [0.4, 0.5) is 4.39 Å². The molecule has 1 N–H and O–H groups in total. The van der Waals surface area contributed by atoms with Gasteiger partial charge in [0.1, 0.15) is 5.82 Å².